The van der Waals surface area contributed by atoms with Crippen LogP contribution >= 0.6 is 0 Å². The number of aromatic hydroxyl groups is 2. The van der Waals surface area contributed by atoms with Gasteiger partial charge in [-0.1, -0.05) is 6.07 Å². The van der Waals surface area contributed by atoms with Crippen molar-refractivity contribution in [2.45, 2.75) is 0 Å². The molecule has 0 bridgehead atoms. The van der Waals surface area contributed by atoms with Crippen LogP contribution in [0.3, 0.4) is 0 Å². The zero-order chi connectivity index (χ0) is 14.0. The molecule has 2 rings (SSSR count). The maximum Gasteiger partial charge on any atom is 0.233 e. The van der Waals surface area contributed by atoms with E-state index in [1.54, 1.807) is 31.1 Å². The summed E-state index contributed by atoms with van der Waals surface area (Å²) in [5, 5.41) is 21.9. The number of phenols is 2. The lowest BCUT2D eigenvalue weighted by molar-refractivity contribution is 0.405. The van der Waals surface area contributed by atoms with Crippen LogP contribution in [0.15, 0.2) is 18.2 Å². The first-order valence-electron chi connectivity index (χ1n) is 5.44. The van der Waals surface area contributed by atoms with Crippen LogP contribution in [0.2, 0.25) is 0 Å². The van der Waals surface area contributed by atoms with Crippen LogP contribution < -0.4 is 16.0 Å². The highest BCUT2D eigenvalue weighted by atomic mass is 16.3. The summed E-state index contributed by atoms with van der Waals surface area (Å²) in [5.41, 5.74) is 5.85. The maximum absolute atomic E-state index is 9.68. The van der Waals surface area contributed by atoms with Crippen LogP contribution in [-0.4, -0.2) is 39.3 Å². The first-order valence-corrected chi connectivity index (χ1v) is 5.44. The minimum Gasteiger partial charge on any atom is -0.504 e. The number of hydrogen-bond acceptors (Lipinski definition) is 8. The van der Waals surface area contributed by atoms with Crippen LogP contribution in [0.5, 0.6) is 11.5 Å². The molecule has 0 radical (unpaired) electrons. The van der Waals surface area contributed by atoms with Crippen molar-refractivity contribution in [2.24, 2.45) is 0 Å². The normalized spacial score (nSPS) is 10.2. The van der Waals surface area contributed by atoms with Gasteiger partial charge in [-0.15, -0.1) is 0 Å². The molecular formula is C11H14N6O2. The summed E-state index contributed by atoms with van der Waals surface area (Å²) in [6.45, 7) is 0. The molecule has 8 heteroatoms. The Morgan fingerprint density at radius 3 is 2.58 bits per heavy atom. The van der Waals surface area contributed by atoms with E-state index < -0.39 is 0 Å². The van der Waals surface area contributed by atoms with Gasteiger partial charge in [0.15, 0.2) is 11.5 Å². The topological polar surface area (TPSA) is 120 Å². The van der Waals surface area contributed by atoms with Crippen molar-refractivity contribution >= 4 is 23.5 Å². The number of para-hydroxylation sites is 1. The third-order valence-electron chi connectivity index (χ3n) is 2.30. The number of anilines is 4. The van der Waals surface area contributed by atoms with Crippen LogP contribution in [0.1, 0.15) is 0 Å². The molecule has 0 saturated heterocycles. The first kappa shape index (κ1) is 12.7. The molecule has 0 saturated carbocycles. The van der Waals surface area contributed by atoms with E-state index >= 15 is 0 Å². The van der Waals surface area contributed by atoms with Crippen LogP contribution in [-0.2, 0) is 0 Å². The van der Waals surface area contributed by atoms with Gasteiger partial charge >= 0.3 is 0 Å². The second-order valence-electron chi connectivity index (χ2n) is 4.01. The minimum atomic E-state index is -0.284. The molecule has 0 aliphatic rings. The van der Waals surface area contributed by atoms with Gasteiger partial charge in [0.2, 0.25) is 17.8 Å². The van der Waals surface area contributed by atoms with Gasteiger partial charge in [0, 0.05) is 14.1 Å². The lowest BCUT2D eigenvalue weighted by atomic mass is 10.3. The molecule has 1 aromatic carbocycles. The molecule has 1 heterocycles. The van der Waals surface area contributed by atoms with Crippen molar-refractivity contribution in [3.63, 3.8) is 0 Å². The number of nitrogens with zero attached hydrogens (tertiary/aromatic N) is 4. The van der Waals surface area contributed by atoms with Gasteiger partial charge in [-0.2, -0.15) is 15.0 Å². The summed E-state index contributed by atoms with van der Waals surface area (Å²) >= 11 is 0. The second-order valence-corrected chi connectivity index (χ2v) is 4.01. The molecule has 0 fully saturated rings. The highest BCUT2D eigenvalue weighted by Gasteiger charge is 2.10. The van der Waals surface area contributed by atoms with Gasteiger partial charge in [0.1, 0.15) is 0 Å². The molecule has 0 amide bonds. The van der Waals surface area contributed by atoms with Gasteiger partial charge in [0.25, 0.3) is 0 Å². The molecule has 1 aromatic heterocycles. The van der Waals surface area contributed by atoms with Gasteiger partial charge in [-0.25, -0.2) is 0 Å². The minimum absolute atomic E-state index is 0.0563. The summed E-state index contributed by atoms with van der Waals surface area (Å²) < 4.78 is 0. The third kappa shape index (κ3) is 2.73. The van der Waals surface area contributed by atoms with Crippen molar-refractivity contribution in [1.82, 2.24) is 15.0 Å². The Balaban J connectivity index is 2.35. The van der Waals surface area contributed by atoms with E-state index in [4.69, 9.17) is 5.73 Å². The van der Waals surface area contributed by atoms with Gasteiger partial charge in [0.05, 0.1) is 5.69 Å². The lowest BCUT2D eigenvalue weighted by Gasteiger charge is -2.12. The quantitative estimate of drug-likeness (QED) is 0.596. The van der Waals surface area contributed by atoms with E-state index in [-0.39, 0.29) is 29.1 Å². The highest BCUT2D eigenvalue weighted by molar-refractivity contribution is 5.66. The van der Waals surface area contributed by atoms with Crippen molar-refractivity contribution < 1.29 is 10.2 Å². The Bertz CT molecular complexity index is 602. The van der Waals surface area contributed by atoms with Crippen molar-refractivity contribution in [1.29, 1.82) is 0 Å². The second kappa shape index (κ2) is 4.84. The zero-order valence-corrected chi connectivity index (χ0v) is 10.5. The molecule has 0 aliphatic carbocycles. The molecule has 0 unspecified atom stereocenters. The van der Waals surface area contributed by atoms with Gasteiger partial charge < -0.3 is 26.2 Å². The Morgan fingerprint density at radius 1 is 1.16 bits per heavy atom. The Labute approximate surface area is 109 Å². The van der Waals surface area contributed by atoms with Gasteiger partial charge in [-0.3, -0.25) is 0 Å². The lowest BCUT2D eigenvalue weighted by Crippen LogP contribution is -2.15. The molecule has 0 aliphatic heterocycles. The highest BCUT2D eigenvalue weighted by Crippen LogP contribution is 2.33. The molecule has 19 heavy (non-hydrogen) atoms. The number of rotatable bonds is 3. The largest absolute Gasteiger partial charge is 0.504 e. The molecule has 0 spiro atoms. The van der Waals surface area contributed by atoms with E-state index in [1.165, 1.54) is 6.07 Å². The molecule has 5 N–H and O–H groups in total. The van der Waals surface area contributed by atoms with Crippen molar-refractivity contribution in [2.75, 3.05) is 30.0 Å². The van der Waals surface area contributed by atoms with E-state index in [0.29, 0.717) is 5.95 Å². The average molecular weight is 262 g/mol. The SMILES string of the molecule is CN(C)c1nc(N)nc(Nc2cccc(O)c2O)n1. The van der Waals surface area contributed by atoms with E-state index in [1.807, 2.05) is 0 Å². The summed E-state index contributed by atoms with van der Waals surface area (Å²) in [5.74, 6) is 0.0975. The summed E-state index contributed by atoms with van der Waals surface area (Å²) in [4.78, 5) is 13.6. The smallest absolute Gasteiger partial charge is 0.233 e. The number of nitrogens with two attached hydrogens (primary N) is 1. The first-order chi connectivity index (χ1) is 8.97. The van der Waals surface area contributed by atoms with Crippen molar-refractivity contribution in [3.8, 4) is 11.5 Å². The molecule has 0 atom stereocenters. The fourth-order valence-corrected chi connectivity index (χ4v) is 1.39. The molecule has 100 valence electrons. The molecular weight excluding hydrogens is 248 g/mol. The number of aromatic nitrogens is 3. The summed E-state index contributed by atoms with van der Waals surface area (Å²) in [6, 6.07) is 4.52. The standard InChI is InChI=1S/C11H14N6O2/c1-17(2)11-15-9(12)14-10(16-11)13-6-4-3-5-7(18)8(6)19/h3-5,18-19H,1-2H3,(H3,12,13,14,15,16). The zero-order valence-electron chi connectivity index (χ0n) is 10.5. The average Bonchev–Trinajstić information content (AvgIpc) is 2.34. The predicted molar refractivity (Wildman–Crippen MR) is 71.6 cm³/mol. The number of nitrogen functional groups attached to an aromatic ring is 1. The van der Waals surface area contributed by atoms with Crippen LogP contribution in [0.25, 0.3) is 0 Å². The van der Waals surface area contributed by atoms with E-state index in [0.717, 1.165) is 0 Å². The third-order valence-corrected chi connectivity index (χ3v) is 2.30. The molecule has 2 aromatic rings. The Kier molecular flexibility index (Phi) is 3.23. The maximum atomic E-state index is 9.68. The number of phenolic OH excluding ortho intramolecular Hbond substituents is 2. The van der Waals surface area contributed by atoms with E-state index in [9.17, 15) is 10.2 Å². The van der Waals surface area contributed by atoms with E-state index in [2.05, 4.69) is 20.3 Å². The predicted octanol–water partition coefficient (Wildman–Crippen LogP) is 0.675. The fraction of sp³-hybridized carbons (Fsp3) is 0.182. The fourth-order valence-electron chi connectivity index (χ4n) is 1.39. The monoisotopic (exact) mass is 262 g/mol. The van der Waals surface area contributed by atoms with Gasteiger partial charge in [-0.05, 0) is 12.1 Å². The molecule has 8 nitrogen and oxygen atoms in total. The number of benzene rings is 1. The Hall–Kier alpha value is -2.77. The Morgan fingerprint density at radius 2 is 1.89 bits per heavy atom. The number of nitrogens with one attached hydrogen (secondary N) is 1. The van der Waals surface area contributed by atoms with Crippen LogP contribution in [0.4, 0.5) is 23.5 Å². The summed E-state index contributed by atoms with van der Waals surface area (Å²) in [7, 11) is 3.54. The summed E-state index contributed by atoms with van der Waals surface area (Å²) in [6.07, 6.45) is 0. The van der Waals surface area contributed by atoms with Crippen LogP contribution in [0, 0.1) is 0 Å². The number of hydrogen-bond donors (Lipinski definition) is 4. The van der Waals surface area contributed by atoms with Crippen molar-refractivity contribution in [3.05, 3.63) is 18.2 Å².